The van der Waals surface area contributed by atoms with Gasteiger partial charge < -0.3 is 13.7 Å². The lowest BCUT2D eigenvalue weighted by atomic mass is 10.1. The fraction of sp³-hybridized carbons (Fsp3) is 0.167. The van der Waals surface area contributed by atoms with Crippen molar-refractivity contribution in [1.82, 2.24) is 9.58 Å². The molecule has 1 N–H and O–H groups in total. The molecule has 0 unspecified atom stereocenters. The van der Waals surface area contributed by atoms with E-state index in [1.165, 1.54) is 16.8 Å². The van der Waals surface area contributed by atoms with E-state index in [9.17, 15) is 4.79 Å². The van der Waals surface area contributed by atoms with Crippen molar-refractivity contribution in [2.24, 2.45) is 10.1 Å². The first kappa shape index (κ1) is 21.0. The third kappa shape index (κ3) is 3.50. The minimum Gasteiger partial charge on any atom is -0.495 e. The van der Waals surface area contributed by atoms with Gasteiger partial charge in [-0.3, -0.25) is 10.2 Å². The number of furan rings is 1. The summed E-state index contributed by atoms with van der Waals surface area (Å²) in [6, 6.07) is 11.5. The number of nitrogens with zero attached hydrogens (tertiary/aromatic N) is 4. The average Bonchev–Trinajstić information content (AvgIpc) is 3.51. The molecule has 33 heavy (non-hydrogen) atoms. The Bertz CT molecular complexity index is 1400. The molecule has 0 fully saturated rings. The third-order valence-electron chi connectivity index (χ3n) is 5.53. The van der Waals surface area contributed by atoms with E-state index in [1.807, 2.05) is 39.0 Å². The predicted octanol–water partition coefficient (Wildman–Crippen LogP) is 4.67. The Hall–Kier alpha value is -3.85. The van der Waals surface area contributed by atoms with Crippen LogP contribution >= 0.6 is 11.8 Å². The Labute approximate surface area is 194 Å². The first-order chi connectivity index (χ1) is 15.9. The van der Waals surface area contributed by atoms with Gasteiger partial charge in [-0.2, -0.15) is 15.1 Å². The monoisotopic (exact) mass is 459 g/mol. The number of benzene rings is 1. The maximum Gasteiger partial charge on any atom is 0.283 e. The number of hydrogen-bond acceptors (Lipinski definition) is 6. The first-order valence-electron chi connectivity index (χ1n) is 10.3. The summed E-state index contributed by atoms with van der Waals surface area (Å²) >= 11 is 1.21. The van der Waals surface area contributed by atoms with E-state index in [0.717, 1.165) is 34.0 Å². The molecule has 0 aliphatic carbocycles. The number of thioether (sulfide) groups is 1. The van der Waals surface area contributed by atoms with Gasteiger partial charge in [0.1, 0.15) is 5.75 Å². The maximum atomic E-state index is 12.8. The normalized spacial score (nSPS) is 16.8. The zero-order chi connectivity index (χ0) is 23.3. The number of methoxy groups -OCH3 is 1. The molecular weight excluding hydrogens is 438 g/mol. The molecule has 8 nitrogen and oxygen atoms in total. The molecule has 0 bridgehead atoms. The molecule has 1 aromatic carbocycles. The quantitative estimate of drug-likeness (QED) is 0.572. The van der Waals surface area contributed by atoms with Crippen LogP contribution in [-0.4, -0.2) is 38.6 Å². The van der Waals surface area contributed by atoms with Gasteiger partial charge in [-0.1, -0.05) is 6.07 Å². The summed E-state index contributed by atoms with van der Waals surface area (Å²) in [4.78, 5) is 17.0. The summed E-state index contributed by atoms with van der Waals surface area (Å²) in [5, 5.41) is 15.3. The van der Waals surface area contributed by atoms with E-state index >= 15 is 0 Å². The Morgan fingerprint density at radius 1 is 1.18 bits per heavy atom. The van der Waals surface area contributed by atoms with Gasteiger partial charge >= 0.3 is 0 Å². The Balaban J connectivity index is 1.55. The zero-order valence-corrected chi connectivity index (χ0v) is 19.4. The molecule has 0 spiro atoms. The van der Waals surface area contributed by atoms with Gasteiger partial charge in [0.25, 0.3) is 5.91 Å². The van der Waals surface area contributed by atoms with Crippen LogP contribution in [0.15, 0.2) is 62.7 Å². The lowest BCUT2D eigenvalue weighted by Gasteiger charge is -2.20. The van der Waals surface area contributed by atoms with E-state index in [1.54, 1.807) is 31.6 Å². The summed E-state index contributed by atoms with van der Waals surface area (Å²) < 4.78 is 13.1. The van der Waals surface area contributed by atoms with Gasteiger partial charge in [0, 0.05) is 11.4 Å². The second-order valence-corrected chi connectivity index (χ2v) is 8.70. The molecule has 0 saturated heterocycles. The fourth-order valence-corrected chi connectivity index (χ4v) is 4.79. The summed E-state index contributed by atoms with van der Waals surface area (Å²) in [6.45, 7) is 6.01. The van der Waals surface area contributed by atoms with Crippen LogP contribution in [0.2, 0.25) is 0 Å². The number of fused-ring (bicyclic) bond motifs is 1. The predicted molar refractivity (Wildman–Crippen MR) is 129 cm³/mol. The molecule has 4 heterocycles. The maximum absolute atomic E-state index is 12.8. The largest absolute Gasteiger partial charge is 0.495 e. The Morgan fingerprint density at radius 2 is 2.00 bits per heavy atom. The van der Waals surface area contributed by atoms with Gasteiger partial charge in [-0.25, -0.2) is 0 Å². The van der Waals surface area contributed by atoms with Gasteiger partial charge in [0.05, 0.1) is 24.6 Å². The molecule has 0 saturated carbocycles. The summed E-state index contributed by atoms with van der Waals surface area (Å²) in [5.74, 6) is 0.842. The van der Waals surface area contributed by atoms with Crippen LogP contribution in [0.1, 0.15) is 28.3 Å². The van der Waals surface area contributed by atoms with Gasteiger partial charge in [-0.05, 0) is 80.1 Å². The van der Waals surface area contributed by atoms with Crippen LogP contribution in [0.4, 0.5) is 0 Å². The number of nitrogens with one attached hydrogen (secondary N) is 1. The van der Waals surface area contributed by atoms with Gasteiger partial charge in [-0.15, -0.1) is 0 Å². The number of hydrogen-bond donors (Lipinski definition) is 1. The standard InChI is InChI=1S/C24H21N5O3S/c1-13-7-8-19(31-4)18(10-13)28-14(2)11-16(15(28)3)12-17-21(25)29-24(26-22(17)30)33-23(27-29)20-6-5-9-32-20/h5-12,25H,1-4H3/b17-12-,25-21?. The lowest BCUT2D eigenvalue weighted by Crippen LogP contribution is -2.35. The molecule has 0 atom stereocenters. The van der Waals surface area contributed by atoms with Gasteiger partial charge in [0.15, 0.2) is 16.6 Å². The first-order valence-corrected chi connectivity index (χ1v) is 11.1. The highest BCUT2D eigenvalue weighted by Gasteiger charge is 2.37. The zero-order valence-electron chi connectivity index (χ0n) is 18.5. The Kier molecular flexibility index (Phi) is 5.05. The molecule has 9 heteroatoms. The SMILES string of the molecule is COc1ccc(C)cc1-n1c(C)cc(/C=C2/C(=N)N3N=C(c4ccco4)SC3=NC2=O)c1C. The molecule has 0 radical (unpaired) electrons. The average molecular weight is 460 g/mol. The van der Waals surface area contributed by atoms with Crippen LogP contribution in [0.25, 0.3) is 11.8 Å². The molecule has 2 aliphatic heterocycles. The highest BCUT2D eigenvalue weighted by atomic mass is 32.2. The lowest BCUT2D eigenvalue weighted by molar-refractivity contribution is -0.114. The molecule has 166 valence electrons. The number of amides is 1. The van der Waals surface area contributed by atoms with E-state index in [2.05, 4.69) is 20.7 Å². The van der Waals surface area contributed by atoms with Crippen molar-refractivity contribution in [2.75, 3.05) is 7.11 Å². The van der Waals surface area contributed by atoms with Crippen molar-refractivity contribution in [3.63, 3.8) is 0 Å². The number of aromatic nitrogens is 1. The minimum absolute atomic E-state index is 0.0167. The van der Waals surface area contributed by atoms with Gasteiger partial charge in [0.2, 0.25) is 5.17 Å². The van der Waals surface area contributed by atoms with Crippen molar-refractivity contribution in [1.29, 1.82) is 5.41 Å². The van der Waals surface area contributed by atoms with Crippen LogP contribution in [-0.2, 0) is 4.79 Å². The number of rotatable bonds is 4. The highest BCUT2D eigenvalue weighted by Crippen LogP contribution is 2.33. The number of hydrazone groups is 1. The minimum atomic E-state index is -0.465. The number of carbonyl (C=O) groups is 1. The summed E-state index contributed by atoms with van der Waals surface area (Å²) in [7, 11) is 1.65. The number of aryl methyl sites for hydroxylation is 2. The third-order valence-corrected chi connectivity index (χ3v) is 6.45. The summed E-state index contributed by atoms with van der Waals surface area (Å²) in [6.07, 6.45) is 3.26. The van der Waals surface area contributed by atoms with Crippen molar-refractivity contribution in [3.05, 3.63) is 76.5 Å². The van der Waals surface area contributed by atoms with Crippen molar-refractivity contribution in [2.45, 2.75) is 20.8 Å². The van der Waals surface area contributed by atoms with Crippen molar-refractivity contribution >= 4 is 39.8 Å². The molecule has 3 aromatic rings. The molecule has 2 aromatic heterocycles. The van der Waals surface area contributed by atoms with E-state index in [-0.39, 0.29) is 11.4 Å². The van der Waals surface area contributed by atoms with E-state index in [0.29, 0.717) is 16.0 Å². The molecule has 2 aliphatic rings. The number of carbonyl (C=O) groups excluding carboxylic acids is 1. The van der Waals surface area contributed by atoms with Crippen LogP contribution in [0.5, 0.6) is 5.75 Å². The topological polar surface area (TPSA) is 96.2 Å². The van der Waals surface area contributed by atoms with E-state index < -0.39 is 5.91 Å². The van der Waals surface area contributed by atoms with Crippen LogP contribution < -0.4 is 4.74 Å². The highest BCUT2D eigenvalue weighted by molar-refractivity contribution is 8.27. The Morgan fingerprint density at radius 3 is 2.73 bits per heavy atom. The number of ether oxygens (including phenoxy) is 1. The van der Waals surface area contributed by atoms with E-state index in [4.69, 9.17) is 14.6 Å². The van der Waals surface area contributed by atoms with Crippen LogP contribution in [0, 0.1) is 26.2 Å². The molecule has 5 rings (SSSR count). The van der Waals surface area contributed by atoms with Crippen molar-refractivity contribution < 1.29 is 13.9 Å². The summed E-state index contributed by atoms with van der Waals surface area (Å²) in [5.41, 5.74) is 4.95. The van der Waals surface area contributed by atoms with Crippen LogP contribution in [0.3, 0.4) is 0 Å². The smallest absolute Gasteiger partial charge is 0.283 e. The number of amidine groups is 2. The molecule has 1 amide bonds. The fourth-order valence-electron chi connectivity index (χ4n) is 3.93. The number of aliphatic imine (C=N–C) groups is 1. The molecular formula is C24H21N5O3S. The second kappa shape index (κ2) is 7.93. The van der Waals surface area contributed by atoms with Crippen molar-refractivity contribution in [3.8, 4) is 11.4 Å². The second-order valence-electron chi connectivity index (χ2n) is 7.74.